The number of carbonyl (C=O) groups excluding carboxylic acids is 2. The number of amides is 1. The van der Waals surface area contributed by atoms with Crippen molar-refractivity contribution in [1.29, 1.82) is 0 Å². The molecule has 8 heteroatoms. The van der Waals surface area contributed by atoms with Gasteiger partial charge in [0.1, 0.15) is 0 Å². The summed E-state index contributed by atoms with van der Waals surface area (Å²) in [6.07, 6.45) is 0. The molecule has 0 fully saturated rings. The van der Waals surface area contributed by atoms with Crippen molar-refractivity contribution in [2.75, 3.05) is 10.5 Å². The summed E-state index contributed by atoms with van der Waals surface area (Å²) in [6.45, 7) is 1.41. The number of Topliss-reactive ketones (excluding diaryl/α,β-unsaturated/α-hetero) is 1. The van der Waals surface area contributed by atoms with Gasteiger partial charge in [-0.3, -0.25) is 14.3 Å². The first-order valence-corrected chi connectivity index (χ1v) is 9.40. The molecular weight excluding hydrogens is 348 g/mol. The lowest BCUT2D eigenvalue weighted by Crippen LogP contribution is -2.15. The van der Waals surface area contributed by atoms with Crippen LogP contribution in [0, 0.1) is 0 Å². The molecule has 0 aliphatic rings. The molecule has 0 bridgehead atoms. The van der Waals surface area contributed by atoms with E-state index < -0.39 is 15.9 Å². The van der Waals surface area contributed by atoms with Crippen molar-refractivity contribution in [1.82, 2.24) is 0 Å². The lowest BCUT2D eigenvalue weighted by Gasteiger charge is -2.12. The minimum atomic E-state index is -3.81. The predicted molar refractivity (Wildman–Crippen MR) is 93.6 cm³/mol. The van der Waals surface area contributed by atoms with Crippen molar-refractivity contribution in [3.05, 3.63) is 54.1 Å². The molecular formula is C16H16N2O4S2. The molecule has 6 nitrogen and oxygen atoms in total. The van der Waals surface area contributed by atoms with Gasteiger partial charge >= 0.3 is 0 Å². The Kier molecular flexibility index (Phi) is 5.63. The van der Waals surface area contributed by atoms with Gasteiger partial charge in [0.25, 0.3) is 10.0 Å². The van der Waals surface area contributed by atoms with Crippen molar-refractivity contribution in [2.24, 2.45) is 5.73 Å². The number of benzene rings is 2. The van der Waals surface area contributed by atoms with Crippen LogP contribution in [-0.2, 0) is 14.8 Å². The van der Waals surface area contributed by atoms with E-state index in [2.05, 4.69) is 4.72 Å². The number of hydrogen-bond acceptors (Lipinski definition) is 5. The molecule has 0 atom stereocenters. The maximum Gasteiger partial charge on any atom is 0.261 e. The first-order valence-electron chi connectivity index (χ1n) is 6.93. The molecule has 0 unspecified atom stereocenters. The Labute approximate surface area is 144 Å². The van der Waals surface area contributed by atoms with E-state index in [0.29, 0.717) is 16.1 Å². The number of sulfonamides is 1. The third kappa shape index (κ3) is 4.59. The van der Waals surface area contributed by atoms with E-state index in [0.717, 1.165) is 11.8 Å². The second kappa shape index (κ2) is 7.50. The van der Waals surface area contributed by atoms with Crippen LogP contribution in [0.5, 0.6) is 0 Å². The fourth-order valence-corrected chi connectivity index (χ4v) is 3.79. The van der Waals surface area contributed by atoms with E-state index in [4.69, 9.17) is 5.73 Å². The summed E-state index contributed by atoms with van der Waals surface area (Å²) >= 11 is 1.15. The lowest BCUT2D eigenvalue weighted by atomic mass is 10.2. The SMILES string of the molecule is CC(=O)c1ccc(S(=O)(=O)Nc2ccccc2SCC(N)=O)cc1. The predicted octanol–water partition coefficient (Wildman–Crippen LogP) is 2.27. The molecule has 1 amide bonds. The normalized spacial score (nSPS) is 11.0. The Hall–Kier alpha value is -2.32. The van der Waals surface area contributed by atoms with Crippen molar-refractivity contribution in [3.63, 3.8) is 0 Å². The molecule has 0 aliphatic carbocycles. The minimum Gasteiger partial charge on any atom is -0.369 e. The Bertz CT molecular complexity index is 862. The van der Waals surface area contributed by atoms with E-state index in [-0.39, 0.29) is 16.4 Å². The Morgan fingerprint density at radius 2 is 1.71 bits per heavy atom. The maximum absolute atomic E-state index is 12.5. The van der Waals surface area contributed by atoms with Gasteiger partial charge in [0.05, 0.1) is 16.3 Å². The van der Waals surface area contributed by atoms with Crippen molar-refractivity contribution < 1.29 is 18.0 Å². The molecule has 2 aromatic rings. The summed E-state index contributed by atoms with van der Waals surface area (Å²) in [5.41, 5.74) is 5.92. The number of anilines is 1. The summed E-state index contributed by atoms with van der Waals surface area (Å²) in [7, 11) is -3.81. The second-order valence-electron chi connectivity index (χ2n) is 4.94. The summed E-state index contributed by atoms with van der Waals surface area (Å²) in [4.78, 5) is 22.8. The first-order chi connectivity index (χ1) is 11.3. The zero-order chi connectivity index (χ0) is 17.7. The molecule has 3 N–H and O–H groups in total. The molecule has 0 saturated carbocycles. The van der Waals surface area contributed by atoms with Crippen LogP contribution in [0.3, 0.4) is 0 Å². The molecule has 126 valence electrons. The molecule has 24 heavy (non-hydrogen) atoms. The van der Waals surface area contributed by atoms with Crippen LogP contribution in [0.2, 0.25) is 0 Å². The standard InChI is InChI=1S/C16H16N2O4S2/c1-11(19)12-6-8-13(9-7-12)24(21,22)18-14-4-2-3-5-15(14)23-10-16(17)20/h2-9,18H,10H2,1H3,(H2,17,20). The fourth-order valence-electron chi connectivity index (χ4n) is 1.90. The largest absolute Gasteiger partial charge is 0.369 e. The van der Waals surface area contributed by atoms with Crippen LogP contribution in [0.25, 0.3) is 0 Å². The molecule has 0 saturated heterocycles. The van der Waals surface area contributed by atoms with Gasteiger partial charge in [-0.2, -0.15) is 0 Å². The van der Waals surface area contributed by atoms with Crippen LogP contribution in [0.4, 0.5) is 5.69 Å². The van der Waals surface area contributed by atoms with Gasteiger partial charge < -0.3 is 5.73 Å². The molecule has 0 aromatic heterocycles. The number of ketones is 1. The molecule has 0 heterocycles. The Balaban J connectivity index is 2.26. The monoisotopic (exact) mass is 364 g/mol. The number of nitrogens with one attached hydrogen (secondary N) is 1. The number of thioether (sulfide) groups is 1. The highest BCUT2D eigenvalue weighted by Gasteiger charge is 2.16. The van der Waals surface area contributed by atoms with E-state index in [1.807, 2.05) is 0 Å². The second-order valence-corrected chi connectivity index (χ2v) is 7.64. The van der Waals surface area contributed by atoms with Gasteiger partial charge in [-0.05, 0) is 31.2 Å². The van der Waals surface area contributed by atoms with Crippen LogP contribution in [0.15, 0.2) is 58.3 Å². The third-order valence-corrected chi connectivity index (χ3v) is 5.55. The fraction of sp³-hybridized carbons (Fsp3) is 0.125. The highest BCUT2D eigenvalue weighted by atomic mass is 32.2. The van der Waals surface area contributed by atoms with Gasteiger partial charge in [0, 0.05) is 10.5 Å². The quantitative estimate of drug-likeness (QED) is 0.579. The molecule has 2 aromatic carbocycles. The smallest absolute Gasteiger partial charge is 0.261 e. The summed E-state index contributed by atoms with van der Waals surface area (Å²) in [6, 6.07) is 12.4. The average molecular weight is 364 g/mol. The molecule has 0 spiro atoms. The maximum atomic E-state index is 12.5. The Morgan fingerprint density at radius 3 is 2.29 bits per heavy atom. The van der Waals surface area contributed by atoms with Gasteiger partial charge in [0.15, 0.2) is 5.78 Å². The highest BCUT2D eigenvalue weighted by Crippen LogP contribution is 2.28. The third-order valence-electron chi connectivity index (χ3n) is 3.07. The van der Waals surface area contributed by atoms with Crippen molar-refractivity contribution in [2.45, 2.75) is 16.7 Å². The first kappa shape index (κ1) is 18.0. The minimum absolute atomic E-state index is 0.0437. The number of para-hydroxylation sites is 1. The summed E-state index contributed by atoms with van der Waals surface area (Å²) < 4.78 is 27.4. The Morgan fingerprint density at radius 1 is 1.08 bits per heavy atom. The van der Waals surface area contributed by atoms with Crippen molar-refractivity contribution >= 4 is 39.2 Å². The molecule has 0 aliphatic heterocycles. The van der Waals surface area contributed by atoms with Gasteiger partial charge in [-0.15, -0.1) is 11.8 Å². The van der Waals surface area contributed by atoms with Crippen LogP contribution in [0.1, 0.15) is 17.3 Å². The molecule has 2 rings (SSSR count). The van der Waals surface area contributed by atoms with Crippen LogP contribution in [-0.4, -0.2) is 25.9 Å². The van der Waals surface area contributed by atoms with Crippen LogP contribution < -0.4 is 10.5 Å². The van der Waals surface area contributed by atoms with E-state index in [1.54, 1.807) is 24.3 Å². The van der Waals surface area contributed by atoms with Gasteiger partial charge in [-0.25, -0.2) is 8.42 Å². The number of carbonyl (C=O) groups is 2. The average Bonchev–Trinajstić information content (AvgIpc) is 2.53. The number of hydrogen-bond donors (Lipinski definition) is 2. The lowest BCUT2D eigenvalue weighted by molar-refractivity contribution is -0.115. The van der Waals surface area contributed by atoms with Crippen molar-refractivity contribution in [3.8, 4) is 0 Å². The summed E-state index contributed by atoms with van der Waals surface area (Å²) in [5, 5.41) is 0. The van der Waals surface area contributed by atoms with Gasteiger partial charge in [-0.1, -0.05) is 24.3 Å². The summed E-state index contributed by atoms with van der Waals surface area (Å²) in [5.74, 6) is -0.580. The number of rotatable bonds is 7. The number of nitrogens with two attached hydrogens (primary N) is 1. The number of primary amides is 1. The van der Waals surface area contributed by atoms with E-state index in [1.165, 1.54) is 31.2 Å². The topological polar surface area (TPSA) is 106 Å². The van der Waals surface area contributed by atoms with Gasteiger partial charge in [0.2, 0.25) is 5.91 Å². The molecule has 0 radical (unpaired) electrons. The van der Waals surface area contributed by atoms with E-state index >= 15 is 0 Å². The van der Waals surface area contributed by atoms with E-state index in [9.17, 15) is 18.0 Å². The zero-order valence-electron chi connectivity index (χ0n) is 12.9. The highest BCUT2D eigenvalue weighted by molar-refractivity contribution is 8.00. The van der Waals surface area contributed by atoms with Crippen LogP contribution >= 0.6 is 11.8 Å². The zero-order valence-corrected chi connectivity index (χ0v) is 14.5.